The van der Waals surface area contributed by atoms with Gasteiger partial charge in [-0.25, -0.2) is 4.98 Å². The lowest BCUT2D eigenvalue weighted by Crippen LogP contribution is -2.36. The molecule has 1 aliphatic rings. The number of ether oxygens (including phenoxy) is 1. The van der Waals surface area contributed by atoms with Gasteiger partial charge in [0.05, 0.1) is 22.4 Å². The van der Waals surface area contributed by atoms with Crippen LogP contribution in [-0.2, 0) is 0 Å². The minimum atomic E-state index is -0.319. The molecule has 146 valence electrons. The quantitative estimate of drug-likeness (QED) is 0.608. The van der Waals surface area contributed by atoms with Crippen molar-refractivity contribution in [3.8, 4) is 11.5 Å². The Balaban J connectivity index is 1.51. The smallest absolute Gasteiger partial charge is 0.269 e. The van der Waals surface area contributed by atoms with E-state index in [0.29, 0.717) is 17.2 Å². The summed E-state index contributed by atoms with van der Waals surface area (Å²) in [6, 6.07) is 9.07. The van der Waals surface area contributed by atoms with Crippen LogP contribution in [0.2, 0.25) is 0 Å². The highest BCUT2D eigenvalue weighted by Gasteiger charge is 2.23. The predicted molar refractivity (Wildman–Crippen MR) is 109 cm³/mol. The third-order valence-corrected chi connectivity index (χ3v) is 5.79. The van der Waals surface area contributed by atoms with Gasteiger partial charge in [0.2, 0.25) is 0 Å². The molecule has 0 spiro atoms. The SMILES string of the molecule is CNC(=O)c1cc(Oc2ccc3sc(N[C@@H]4CCCC[C@H]4O)nc3c2)ccn1. The molecule has 1 amide bonds. The van der Waals surface area contributed by atoms with Crippen molar-refractivity contribution in [2.75, 3.05) is 12.4 Å². The van der Waals surface area contributed by atoms with E-state index >= 15 is 0 Å². The first-order valence-electron chi connectivity index (χ1n) is 9.33. The predicted octanol–water partition coefficient (Wildman–Crippen LogP) is 3.56. The lowest BCUT2D eigenvalue weighted by atomic mass is 9.93. The normalized spacial score (nSPS) is 19.4. The summed E-state index contributed by atoms with van der Waals surface area (Å²) in [4.78, 5) is 20.4. The van der Waals surface area contributed by atoms with E-state index in [4.69, 9.17) is 4.74 Å². The van der Waals surface area contributed by atoms with Crippen LogP contribution in [0, 0.1) is 0 Å². The van der Waals surface area contributed by atoms with E-state index in [1.54, 1.807) is 36.7 Å². The van der Waals surface area contributed by atoms with Crippen molar-refractivity contribution < 1.29 is 14.6 Å². The first kappa shape index (κ1) is 18.6. The van der Waals surface area contributed by atoms with Gasteiger partial charge in [0, 0.05) is 25.4 Å². The van der Waals surface area contributed by atoms with Gasteiger partial charge in [-0.3, -0.25) is 9.78 Å². The van der Waals surface area contributed by atoms with Gasteiger partial charge in [-0.15, -0.1) is 0 Å². The van der Waals surface area contributed by atoms with Crippen LogP contribution in [0.5, 0.6) is 11.5 Å². The molecule has 1 aliphatic carbocycles. The monoisotopic (exact) mass is 398 g/mol. The number of fused-ring (bicyclic) bond motifs is 1. The van der Waals surface area contributed by atoms with Crippen molar-refractivity contribution in [1.82, 2.24) is 15.3 Å². The van der Waals surface area contributed by atoms with Crippen LogP contribution < -0.4 is 15.4 Å². The molecule has 1 saturated carbocycles. The van der Waals surface area contributed by atoms with Crippen molar-refractivity contribution in [3.63, 3.8) is 0 Å². The number of aliphatic hydroxyl groups excluding tert-OH is 1. The maximum absolute atomic E-state index is 11.7. The maximum Gasteiger partial charge on any atom is 0.269 e. The van der Waals surface area contributed by atoms with E-state index < -0.39 is 0 Å². The molecule has 4 rings (SSSR count). The van der Waals surface area contributed by atoms with Gasteiger partial charge in [-0.1, -0.05) is 24.2 Å². The Morgan fingerprint density at radius 3 is 2.86 bits per heavy atom. The number of amides is 1. The fourth-order valence-electron chi connectivity index (χ4n) is 3.33. The lowest BCUT2D eigenvalue weighted by molar-refractivity contribution is 0.0957. The average Bonchev–Trinajstić information content (AvgIpc) is 3.11. The third kappa shape index (κ3) is 4.07. The summed E-state index contributed by atoms with van der Waals surface area (Å²) in [5.41, 5.74) is 1.13. The van der Waals surface area contributed by atoms with Crippen LogP contribution in [0.1, 0.15) is 36.2 Å². The van der Waals surface area contributed by atoms with Gasteiger partial charge >= 0.3 is 0 Å². The minimum absolute atomic E-state index is 0.0602. The second-order valence-electron chi connectivity index (χ2n) is 6.81. The van der Waals surface area contributed by atoms with Crippen molar-refractivity contribution >= 4 is 32.6 Å². The fraction of sp³-hybridized carbons (Fsp3) is 0.350. The zero-order chi connectivity index (χ0) is 19.5. The molecule has 3 N–H and O–H groups in total. The van der Waals surface area contributed by atoms with Gasteiger partial charge in [0.15, 0.2) is 5.13 Å². The van der Waals surface area contributed by atoms with Crippen molar-refractivity contribution in [3.05, 3.63) is 42.2 Å². The van der Waals surface area contributed by atoms with E-state index in [9.17, 15) is 9.90 Å². The number of aromatic nitrogens is 2. The molecule has 8 heteroatoms. The molecule has 3 aromatic rings. The van der Waals surface area contributed by atoms with Gasteiger partial charge in [-0.05, 0) is 31.0 Å². The third-order valence-electron chi connectivity index (χ3n) is 4.82. The summed E-state index contributed by atoms with van der Waals surface area (Å²) in [5.74, 6) is 0.906. The maximum atomic E-state index is 11.7. The van der Waals surface area contributed by atoms with Gasteiger partial charge in [0.1, 0.15) is 17.2 Å². The number of rotatable bonds is 5. The second kappa shape index (κ2) is 8.12. The number of aliphatic hydroxyl groups is 1. The zero-order valence-electron chi connectivity index (χ0n) is 15.5. The first-order chi connectivity index (χ1) is 13.6. The number of carbonyl (C=O) groups excluding carboxylic acids is 1. The first-order valence-corrected chi connectivity index (χ1v) is 10.2. The fourth-order valence-corrected chi connectivity index (χ4v) is 4.24. The summed E-state index contributed by atoms with van der Waals surface area (Å²) >= 11 is 1.57. The van der Waals surface area contributed by atoms with E-state index in [1.807, 2.05) is 18.2 Å². The molecule has 2 aromatic heterocycles. The Morgan fingerprint density at radius 2 is 2.04 bits per heavy atom. The molecule has 0 bridgehead atoms. The second-order valence-corrected chi connectivity index (χ2v) is 7.84. The molecule has 0 unspecified atom stereocenters. The average molecular weight is 398 g/mol. The number of carbonyl (C=O) groups is 1. The molecule has 0 aliphatic heterocycles. The minimum Gasteiger partial charge on any atom is -0.457 e. The molecule has 1 fully saturated rings. The number of thiazole rings is 1. The highest BCUT2D eigenvalue weighted by molar-refractivity contribution is 7.22. The molecular weight excluding hydrogens is 376 g/mol. The summed E-state index contributed by atoms with van der Waals surface area (Å²) in [7, 11) is 1.56. The van der Waals surface area contributed by atoms with E-state index in [-0.39, 0.29) is 18.1 Å². The van der Waals surface area contributed by atoms with E-state index in [0.717, 1.165) is 41.0 Å². The highest BCUT2D eigenvalue weighted by Crippen LogP contribution is 2.32. The lowest BCUT2D eigenvalue weighted by Gasteiger charge is -2.27. The Labute approximate surface area is 166 Å². The summed E-state index contributed by atoms with van der Waals surface area (Å²) < 4.78 is 6.92. The number of hydrogen-bond acceptors (Lipinski definition) is 7. The van der Waals surface area contributed by atoms with Crippen LogP contribution in [0.3, 0.4) is 0 Å². The van der Waals surface area contributed by atoms with E-state index in [1.165, 1.54) is 0 Å². The van der Waals surface area contributed by atoms with Crippen molar-refractivity contribution in [2.24, 2.45) is 0 Å². The number of nitrogens with one attached hydrogen (secondary N) is 2. The molecule has 2 heterocycles. The molecule has 1 aromatic carbocycles. The summed E-state index contributed by atoms with van der Waals surface area (Å²) in [6.45, 7) is 0. The van der Waals surface area contributed by atoms with Gasteiger partial charge < -0.3 is 20.5 Å². The highest BCUT2D eigenvalue weighted by atomic mass is 32.1. The topological polar surface area (TPSA) is 96.4 Å². The Kier molecular flexibility index (Phi) is 5.40. The number of anilines is 1. The van der Waals surface area contributed by atoms with Crippen molar-refractivity contribution in [1.29, 1.82) is 0 Å². The largest absolute Gasteiger partial charge is 0.457 e. The zero-order valence-corrected chi connectivity index (χ0v) is 16.3. The molecule has 28 heavy (non-hydrogen) atoms. The molecular formula is C20H22N4O3S. The molecule has 7 nitrogen and oxygen atoms in total. The van der Waals surface area contributed by atoms with Crippen LogP contribution in [-0.4, -0.2) is 40.2 Å². The summed E-state index contributed by atoms with van der Waals surface area (Å²) in [5, 5.41) is 16.9. The van der Waals surface area contributed by atoms with Crippen LogP contribution in [0.4, 0.5) is 5.13 Å². The van der Waals surface area contributed by atoms with Gasteiger partial charge in [-0.2, -0.15) is 0 Å². The number of nitrogens with zero attached hydrogens (tertiary/aromatic N) is 2. The van der Waals surface area contributed by atoms with Crippen LogP contribution in [0.25, 0.3) is 10.2 Å². The Morgan fingerprint density at radius 1 is 1.21 bits per heavy atom. The number of benzene rings is 1. The summed E-state index contributed by atoms with van der Waals surface area (Å²) in [6.07, 6.45) is 5.23. The number of hydrogen-bond donors (Lipinski definition) is 3. The Hall–Kier alpha value is -2.71. The van der Waals surface area contributed by atoms with Crippen LogP contribution in [0.15, 0.2) is 36.5 Å². The molecule has 2 atom stereocenters. The Bertz CT molecular complexity index is 990. The van der Waals surface area contributed by atoms with E-state index in [2.05, 4.69) is 20.6 Å². The molecule has 0 radical (unpaired) electrons. The van der Waals surface area contributed by atoms with Crippen LogP contribution >= 0.6 is 11.3 Å². The van der Waals surface area contributed by atoms with Crippen molar-refractivity contribution in [2.45, 2.75) is 37.8 Å². The van der Waals surface area contributed by atoms with Gasteiger partial charge in [0.25, 0.3) is 5.91 Å². The molecule has 0 saturated heterocycles. The number of pyridine rings is 1. The standard InChI is InChI=1S/C20H22N4O3S/c1-21-19(26)16-11-13(8-9-22-16)27-12-6-7-18-15(10-12)24-20(28-18)23-14-4-2-3-5-17(14)25/h6-11,14,17,25H,2-5H2,1H3,(H,21,26)(H,23,24)/t14-,17-/m1/s1.